The minimum absolute atomic E-state index is 0.240. The molecule has 1 aliphatic heterocycles. The van der Waals surface area contributed by atoms with E-state index < -0.39 is 0 Å². The van der Waals surface area contributed by atoms with E-state index >= 15 is 0 Å². The smallest absolute Gasteiger partial charge is 0.164 e. The minimum Gasteiger partial charge on any atom is -0.355 e. The van der Waals surface area contributed by atoms with Gasteiger partial charge in [-0.1, -0.05) is 0 Å². The molecule has 58 valence electrons. The van der Waals surface area contributed by atoms with Crippen LogP contribution in [0, 0.1) is 0 Å². The molecule has 3 heteroatoms. The van der Waals surface area contributed by atoms with Crippen molar-refractivity contribution in [1.82, 2.24) is 0 Å². The Kier molecular flexibility index (Phi) is 2.83. The molecule has 0 amide bonds. The Morgan fingerprint density at radius 1 is 1.70 bits per heavy atom. The normalized spacial score (nSPS) is 28.1. The standard InChI is InChI=1S/C7H12O3/c1-9-7-5-6(8)3-2-4-10-7/h7H,2-5H2,1H3. The third-order valence-electron chi connectivity index (χ3n) is 1.56. The van der Waals surface area contributed by atoms with Crippen LogP contribution in [0.4, 0.5) is 0 Å². The average Bonchev–Trinajstić information content (AvgIpc) is 2.13. The first-order valence-electron chi connectivity index (χ1n) is 3.49. The van der Waals surface area contributed by atoms with E-state index in [-0.39, 0.29) is 12.1 Å². The molecule has 1 rings (SSSR count). The van der Waals surface area contributed by atoms with E-state index in [1.807, 2.05) is 0 Å². The molecule has 0 N–H and O–H groups in total. The molecule has 3 nitrogen and oxygen atoms in total. The van der Waals surface area contributed by atoms with Crippen LogP contribution in [-0.4, -0.2) is 25.8 Å². The maximum atomic E-state index is 10.9. The number of hydrogen-bond acceptors (Lipinski definition) is 3. The van der Waals surface area contributed by atoms with E-state index in [0.29, 0.717) is 19.4 Å². The fourth-order valence-corrected chi connectivity index (χ4v) is 0.982. The fourth-order valence-electron chi connectivity index (χ4n) is 0.982. The fraction of sp³-hybridized carbons (Fsp3) is 0.857. The van der Waals surface area contributed by atoms with E-state index in [2.05, 4.69) is 0 Å². The number of rotatable bonds is 1. The van der Waals surface area contributed by atoms with Crippen molar-refractivity contribution < 1.29 is 14.3 Å². The van der Waals surface area contributed by atoms with Crippen molar-refractivity contribution in [2.75, 3.05) is 13.7 Å². The number of carbonyl (C=O) groups is 1. The second-order valence-electron chi connectivity index (χ2n) is 2.38. The number of ether oxygens (including phenoxy) is 2. The Labute approximate surface area is 60.3 Å². The van der Waals surface area contributed by atoms with E-state index in [1.165, 1.54) is 0 Å². The van der Waals surface area contributed by atoms with Crippen molar-refractivity contribution in [2.24, 2.45) is 0 Å². The summed E-state index contributed by atoms with van der Waals surface area (Å²) in [5.41, 5.74) is 0. The summed E-state index contributed by atoms with van der Waals surface area (Å²) in [6.07, 6.45) is 1.59. The van der Waals surface area contributed by atoms with Gasteiger partial charge in [-0.3, -0.25) is 4.79 Å². The summed E-state index contributed by atoms with van der Waals surface area (Å²) in [5.74, 6) is 0.240. The lowest BCUT2D eigenvalue weighted by atomic mass is 10.2. The molecule has 0 radical (unpaired) electrons. The van der Waals surface area contributed by atoms with Gasteiger partial charge in [-0.15, -0.1) is 0 Å². The Hall–Kier alpha value is -0.410. The SMILES string of the molecule is COC1CC(=O)CCCO1. The molecule has 1 atom stereocenters. The van der Waals surface area contributed by atoms with Gasteiger partial charge in [0, 0.05) is 13.5 Å². The van der Waals surface area contributed by atoms with Crippen LogP contribution in [-0.2, 0) is 14.3 Å². The third-order valence-corrected chi connectivity index (χ3v) is 1.56. The first-order chi connectivity index (χ1) is 4.83. The number of ketones is 1. The van der Waals surface area contributed by atoms with Crippen molar-refractivity contribution in [3.05, 3.63) is 0 Å². The average molecular weight is 144 g/mol. The van der Waals surface area contributed by atoms with Gasteiger partial charge in [-0.05, 0) is 6.42 Å². The molecule has 1 unspecified atom stereocenters. The van der Waals surface area contributed by atoms with Gasteiger partial charge < -0.3 is 9.47 Å². The molecule has 0 saturated carbocycles. The van der Waals surface area contributed by atoms with Crippen molar-refractivity contribution in [1.29, 1.82) is 0 Å². The van der Waals surface area contributed by atoms with E-state index in [9.17, 15) is 4.79 Å². The highest BCUT2D eigenvalue weighted by Crippen LogP contribution is 2.09. The monoisotopic (exact) mass is 144 g/mol. The zero-order chi connectivity index (χ0) is 7.40. The molecule has 1 fully saturated rings. The Morgan fingerprint density at radius 3 is 3.20 bits per heavy atom. The maximum Gasteiger partial charge on any atom is 0.164 e. The second-order valence-corrected chi connectivity index (χ2v) is 2.38. The van der Waals surface area contributed by atoms with Crippen LogP contribution in [0.5, 0.6) is 0 Å². The van der Waals surface area contributed by atoms with Crippen molar-refractivity contribution in [2.45, 2.75) is 25.6 Å². The van der Waals surface area contributed by atoms with Gasteiger partial charge in [-0.25, -0.2) is 0 Å². The summed E-state index contributed by atoms with van der Waals surface area (Å²) in [7, 11) is 1.56. The van der Waals surface area contributed by atoms with Gasteiger partial charge in [0.15, 0.2) is 6.29 Å². The highest BCUT2D eigenvalue weighted by molar-refractivity contribution is 5.78. The Morgan fingerprint density at radius 2 is 2.50 bits per heavy atom. The Balaban J connectivity index is 2.38. The Bertz CT molecular complexity index is 122. The summed E-state index contributed by atoms with van der Waals surface area (Å²) < 4.78 is 10.1. The van der Waals surface area contributed by atoms with Crippen LogP contribution in [0.2, 0.25) is 0 Å². The molecular formula is C7H12O3. The summed E-state index contributed by atoms with van der Waals surface area (Å²) in [4.78, 5) is 10.9. The lowest BCUT2D eigenvalue weighted by molar-refractivity contribution is -0.137. The lowest BCUT2D eigenvalue weighted by Gasteiger charge is -2.10. The van der Waals surface area contributed by atoms with Crippen LogP contribution in [0.3, 0.4) is 0 Å². The van der Waals surface area contributed by atoms with Crippen molar-refractivity contribution in [3.63, 3.8) is 0 Å². The number of carbonyl (C=O) groups excluding carboxylic acids is 1. The zero-order valence-electron chi connectivity index (χ0n) is 6.13. The van der Waals surface area contributed by atoms with Gasteiger partial charge in [-0.2, -0.15) is 0 Å². The number of hydrogen-bond donors (Lipinski definition) is 0. The topological polar surface area (TPSA) is 35.5 Å². The van der Waals surface area contributed by atoms with E-state index in [0.717, 1.165) is 6.42 Å². The first-order valence-corrected chi connectivity index (χ1v) is 3.49. The van der Waals surface area contributed by atoms with Gasteiger partial charge in [0.25, 0.3) is 0 Å². The summed E-state index contributed by atoms with van der Waals surface area (Å²) in [6, 6.07) is 0. The van der Waals surface area contributed by atoms with Crippen LogP contribution in [0.1, 0.15) is 19.3 Å². The van der Waals surface area contributed by atoms with Crippen molar-refractivity contribution >= 4 is 5.78 Å². The summed E-state index contributed by atoms with van der Waals surface area (Å²) in [6.45, 7) is 0.643. The van der Waals surface area contributed by atoms with Crippen LogP contribution >= 0.6 is 0 Å². The van der Waals surface area contributed by atoms with Crippen LogP contribution in [0.15, 0.2) is 0 Å². The van der Waals surface area contributed by atoms with Gasteiger partial charge in [0.1, 0.15) is 5.78 Å². The maximum absolute atomic E-state index is 10.9. The zero-order valence-corrected chi connectivity index (χ0v) is 6.13. The molecule has 0 bridgehead atoms. The third kappa shape index (κ3) is 2.08. The molecule has 10 heavy (non-hydrogen) atoms. The molecule has 0 aromatic heterocycles. The van der Waals surface area contributed by atoms with E-state index in [1.54, 1.807) is 7.11 Å². The highest BCUT2D eigenvalue weighted by Gasteiger charge is 2.16. The van der Waals surface area contributed by atoms with Gasteiger partial charge in [0.05, 0.1) is 13.0 Å². The molecule has 0 spiro atoms. The quantitative estimate of drug-likeness (QED) is 0.544. The lowest BCUT2D eigenvalue weighted by Crippen LogP contribution is -2.16. The summed E-state index contributed by atoms with van der Waals surface area (Å²) in [5, 5.41) is 0. The van der Waals surface area contributed by atoms with E-state index in [4.69, 9.17) is 9.47 Å². The van der Waals surface area contributed by atoms with Crippen molar-refractivity contribution in [3.8, 4) is 0 Å². The number of methoxy groups -OCH3 is 1. The highest BCUT2D eigenvalue weighted by atomic mass is 16.7. The largest absolute Gasteiger partial charge is 0.355 e. The van der Waals surface area contributed by atoms with Gasteiger partial charge >= 0.3 is 0 Å². The minimum atomic E-state index is -0.296. The predicted molar refractivity (Wildman–Crippen MR) is 35.6 cm³/mol. The number of Topliss-reactive ketones (excluding diaryl/α,β-unsaturated/α-hetero) is 1. The van der Waals surface area contributed by atoms with Crippen LogP contribution in [0.25, 0.3) is 0 Å². The molecule has 0 aliphatic carbocycles. The summed E-state index contributed by atoms with van der Waals surface area (Å²) >= 11 is 0. The molecule has 1 saturated heterocycles. The molecule has 0 aromatic carbocycles. The second kappa shape index (κ2) is 3.68. The molecule has 0 aromatic rings. The molecule has 1 heterocycles. The molecular weight excluding hydrogens is 132 g/mol. The van der Waals surface area contributed by atoms with Gasteiger partial charge in [0.2, 0.25) is 0 Å². The first kappa shape index (κ1) is 7.69. The predicted octanol–water partition coefficient (Wildman–Crippen LogP) is 0.728. The van der Waals surface area contributed by atoms with Crippen LogP contribution < -0.4 is 0 Å². The molecule has 1 aliphatic rings.